The molecule has 1 heteroatoms. The second kappa shape index (κ2) is 5.69. The zero-order valence-corrected chi connectivity index (χ0v) is 7.98. The standard InChI is InChI=1S/C10H16.Li.H/c1-3-4-5-10-7-6-9(2)8-10;;/h7-8H,3-6H2,1-2H3;;/q;+1;-1. The van der Waals surface area contributed by atoms with Crippen molar-refractivity contribution < 1.29 is 20.3 Å². The van der Waals surface area contributed by atoms with Crippen LogP contribution in [0.25, 0.3) is 0 Å². The van der Waals surface area contributed by atoms with Gasteiger partial charge in [0.2, 0.25) is 0 Å². The molecule has 0 spiro atoms. The van der Waals surface area contributed by atoms with Gasteiger partial charge in [-0.1, -0.05) is 36.6 Å². The van der Waals surface area contributed by atoms with E-state index < -0.39 is 0 Å². The Bertz CT molecular complexity index is 171. The van der Waals surface area contributed by atoms with Crippen LogP contribution in [0.5, 0.6) is 0 Å². The number of hydrogen-bond donors (Lipinski definition) is 0. The van der Waals surface area contributed by atoms with Crippen LogP contribution >= 0.6 is 0 Å². The molecule has 0 nitrogen and oxygen atoms in total. The minimum Gasteiger partial charge on any atom is -1.00 e. The molecule has 0 saturated heterocycles. The molecule has 1 aliphatic carbocycles. The van der Waals surface area contributed by atoms with E-state index in [9.17, 15) is 0 Å². The van der Waals surface area contributed by atoms with Crippen molar-refractivity contribution in [1.82, 2.24) is 0 Å². The molecule has 0 aromatic rings. The fraction of sp³-hybridized carbons (Fsp3) is 0.600. The molecule has 0 fully saturated rings. The van der Waals surface area contributed by atoms with E-state index in [1.165, 1.54) is 31.3 Å². The minimum atomic E-state index is 0. The first kappa shape index (κ1) is 11.1. The molecule has 0 N–H and O–H groups in total. The number of hydrogen-bond acceptors (Lipinski definition) is 0. The average Bonchev–Trinajstić information content (AvgIpc) is 2.31. The smallest absolute Gasteiger partial charge is 1.00 e. The van der Waals surface area contributed by atoms with Crippen molar-refractivity contribution in [3.8, 4) is 0 Å². The fourth-order valence-electron chi connectivity index (χ4n) is 1.28. The second-order valence-corrected chi connectivity index (χ2v) is 3.08. The van der Waals surface area contributed by atoms with Gasteiger partial charge >= 0.3 is 18.9 Å². The first-order valence-corrected chi connectivity index (χ1v) is 4.19. The Hall–Kier alpha value is 0.0774. The molecule has 58 valence electrons. The van der Waals surface area contributed by atoms with Crippen molar-refractivity contribution in [2.24, 2.45) is 0 Å². The van der Waals surface area contributed by atoms with Crippen LogP contribution in [0.2, 0.25) is 0 Å². The molecule has 0 aliphatic heterocycles. The second-order valence-electron chi connectivity index (χ2n) is 3.08. The summed E-state index contributed by atoms with van der Waals surface area (Å²) >= 11 is 0. The van der Waals surface area contributed by atoms with Crippen molar-refractivity contribution in [3.05, 3.63) is 23.3 Å². The van der Waals surface area contributed by atoms with E-state index in [1.807, 2.05) is 0 Å². The molecule has 0 radical (unpaired) electrons. The Morgan fingerprint density at radius 1 is 1.55 bits per heavy atom. The fourth-order valence-corrected chi connectivity index (χ4v) is 1.28. The van der Waals surface area contributed by atoms with Crippen LogP contribution in [-0.2, 0) is 0 Å². The molecule has 0 saturated carbocycles. The van der Waals surface area contributed by atoms with E-state index in [4.69, 9.17) is 0 Å². The largest absolute Gasteiger partial charge is 1.00 e. The van der Waals surface area contributed by atoms with E-state index >= 15 is 0 Å². The maximum Gasteiger partial charge on any atom is 1.00 e. The predicted molar refractivity (Wildman–Crippen MR) is 47.1 cm³/mol. The number of allylic oxidation sites excluding steroid dienone is 4. The van der Waals surface area contributed by atoms with E-state index in [0.717, 1.165) is 0 Å². The minimum absolute atomic E-state index is 0. The van der Waals surface area contributed by atoms with Crippen molar-refractivity contribution in [2.75, 3.05) is 0 Å². The monoisotopic (exact) mass is 144 g/mol. The topological polar surface area (TPSA) is 0 Å². The summed E-state index contributed by atoms with van der Waals surface area (Å²) in [5, 5.41) is 0. The summed E-state index contributed by atoms with van der Waals surface area (Å²) in [7, 11) is 0. The molecule has 0 aromatic carbocycles. The molecule has 0 aromatic heterocycles. The molecule has 11 heavy (non-hydrogen) atoms. The Kier molecular flexibility index (Phi) is 5.73. The van der Waals surface area contributed by atoms with Gasteiger partial charge in [0.25, 0.3) is 0 Å². The number of rotatable bonds is 3. The van der Waals surface area contributed by atoms with Gasteiger partial charge in [-0.3, -0.25) is 0 Å². The molecule has 1 aliphatic rings. The molecule has 1 rings (SSSR count). The van der Waals surface area contributed by atoms with Crippen molar-refractivity contribution in [2.45, 2.75) is 39.5 Å². The van der Waals surface area contributed by atoms with Crippen LogP contribution in [0.3, 0.4) is 0 Å². The van der Waals surface area contributed by atoms with E-state index in [0.29, 0.717) is 0 Å². The summed E-state index contributed by atoms with van der Waals surface area (Å²) in [6, 6.07) is 0. The van der Waals surface area contributed by atoms with Crippen LogP contribution in [0.1, 0.15) is 41.0 Å². The molecule has 0 bridgehead atoms. The van der Waals surface area contributed by atoms with Crippen LogP contribution in [0.4, 0.5) is 0 Å². The predicted octanol–water partition coefficient (Wildman–Crippen LogP) is 0.569. The van der Waals surface area contributed by atoms with Gasteiger partial charge in [-0.05, 0) is 26.2 Å². The first-order chi connectivity index (χ1) is 4.83. The Labute approximate surface area is 83.4 Å². The van der Waals surface area contributed by atoms with Gasteiger partial charge in [-0.25, -0.2) is 0 Å². The molecule has 0 atom stereocenters. The Morgan fingerprint density at radius 3 is 2.73 bits per heavy atom. The summed E-state index contributed by atoms with van der Waals surface area (Å²) in [5.41, 5.74) is 3.07. The molecule has 0 amide bonds. The van der Waals surface area contributed by atoms with Gasteiger partial charge in [0.15, 0.2) is 0 Å². The third-order valence-corrected chi connectivity index (χ3v) is 1.94. The molecular formula is C10H17Li. The summed E-state index contributed by atoms with van der Waals surface area (Å²) in [5.74, 6) is 0. The summed E-state index contributed by atoms with van der Waals surface area (Å²) in [6.07, 6.45) is 9.81. The number of unbranched alkanes of at least 4 members (excludes halogenated alkanes) is 1. The molecular weight excluding hydrogens is 127 g/mol. The normalized spacial score (nSPS) is 15.5. The zero-order valence-electron chi connectivity index (χ0n) is 8.98. The third kappa shape index (κ3) is 3.84. The maximum atomic E-state index is 2.35. The Balaban J connectivity index is 0. The summed E-state index contributed by atoms with van der Waals surface area (Å²) in [6.45, 7) is 4.45. The zero-order chi connectivity index (χ0) is 7.40. The van der Waals surface area contributed by atoms with E-state index in [2.05, 4.69) is 26.0 Å². The Morgan fingerprint density at radius 2 is 2.27 bits per heavy atom. The van der Waals surface area contributed by atoms with E-state index in [-0.39, 0.29) is 20.3 Å². The van der Waals surface area contributed by atoms with Gasteiger partial charge < -0.3 is 1.43 Å². The van der Waals surface area contributed by atoms with Crippen molar-refractivity contribution >= 4 is 0 Å². The summed E-state index contributed by atoms with van der Waals surface area (Å²) < 4.78 is 0. The van der Waals surface area contributed by atoms with Crippen LogP contribution < -0.4 is 18.9 Å². The van der Waals surface area contributed by atoms with Crippen LogP contribution in [-0.4, -0.2) is 0 Å². The molecule has 0 unspecified atom stereocenters. The van der Waals surface area contributed by atoms with Gasteiger partial charge in [0.1, 0.15) is 0 Å². The van der Waals surface area contributed by atoms with Gasteiger partial charge in [0, 0.05) is 0 Å². The average molecular weight is 144 g/mol. The van der Waals surface area contributed by atoms with Gasteiger partial charge in [0.05, 0.1) is 0 Å². The van der Waals surface area contributed by atoms with Gasteiger partial charge in [-0.15, -0.1) is 0 Å². The summed E-state index contributed by atoms with van der Waals surface area (Å²) in [4.78, 5) is 0. The van der Waals surface area contributed by atoms with Crippen LogP contribution in [0, 0.1) is 0 Å². The van der Waals surface area contributed by atoms with Crippen molar-refractivity contribution in [3.63, 3.8) is 0 Å². The van der Waals surface area contributed by atoms with Crippen LogP contribution in [0.15, 0.2) is 23.3 Å². The van der Waals surface area contributed by atoms with Crippen molar-refractivity contribution in [1.29, 1.82) is 0 Å². The maximum absolute atomic E-state index is 2.35. The molecule has 0 heterocycles. The SMILES string of the molecule is CCCCC1=CCC(C)=C1.[H-].[Li+]. The van der Waals surface area contributed by atoms with Gasteiger partial charge in [-0.2, -0.15) is 0 Å². The third-order valence-electron chi connectivity index (χ3n) is 1.94. The quantitative estimate of drug-likeness (QED) is 0.508. The van der Waals surface area contributed by atoms with E-state index in [1.54, 1.807) is 5.57 Å². The first-order valence-electron chi connectivity index (χ1n) is 4.19.